The first kappa shape index (κ1) is 5.08. The van der Waals surface area contributed by atoms with E-state index in [-0.39, 0.29) is 6.08 Å². The minimum absolute atomic E-state index is 0.229. The molecule has 0 N–H and O–H groups in total. The van der Waals surface area contributed by atoms with Gasteiger partial charge in [-0.2, -0.15) is 4.98 Å². The van der Waals surface area contributed by atoms with E-state index < -0.39 is 0 Å². The second kappa shape index (κ2) is 2.30. The maximum absolute atomic E-state index is 4.81. The number of rotatable bonds is 2. The Morgan fingerprint density at radius 3 is 3.25 bits per heavy atom. The predicted octanol–water partition coefficient (Wildman–Crippen LogP) is 0.468. The minimum atomic E-state index is 0.229. The second-order valence-electron chi connectivity index (χ2n) is 1.14. The highest BCUT2D eigenvalue weighted by molar-refractivity contribution is 4.77. The summed E-state index contributed by atoms with van der Waals surface area (Å²) < 4.78 is 9.30. The molecule has 0 unspecified atom stereocenters. The summed E-state index contributed by atoms with van der Waals surface area (Å²) in [6, 6.07) is 0. The van der Waals surface area contributed by atoms with Crippen LogP contribution >= 0.6 is 0 Å². The molecule has 4 nitrogen and oxygen atoms in total. The fourth-order valence-electron chi connectivity index (χ4n) is 0.350. The van der Waals surface area contributed by atoms with Crippen molar-refractivity contribution in [3.63, 3.8) is 0 Å². The summed E-state index contributed by atoms with van der Waals surface area (Å²) in [5, 5.41) is 3.33. The molecule has 0 saturated heterocycles. The lowest BCUT2D eigenvalue weighted by molar-refractivity contribution is 0.215. The molecule has 1 aromatic heterocycles. The average Bonchev–Trinajstić information content (AvgIpc) is 2.19. The summed E-state index contributed by atoms with van der Waals surface area (Å²) in [5.41, 5.74) is 0. The molecule has 0 aliphatic rings. The lowest BCUT2D eigenvalue weighted by atomic mass is 10.9. The van der Waals surface area contributed by atoms with Gasteiger partial charge in [-0.25, -0.2) is 0 Å². The van der Waals surface area contributed by atoms with Crippen LogP contribution in [-0.4, -0.2) is 16.7 Å². The molecule has 0 aliphatic heterocycles. The monoisotopic (exact) mass is 114 g/mol. The van der Waals surface area contributed by atoms with Gasteiger partial charge in [0.25, 0.3) is 0 Å². The Morgan fingerprint density at radius 2 is 2.75 bits per heavy atom. The molecule has 4 heteroatoms. The second-order valence-corrected chi connectivity index (χ2v) is 1.14. The van der Waals surface area contributed by atoms with Gasteiger partial charge in [-0.1, -0.05) is 5.16 Å². The number of aromatic nitrogens is 2. The van der Waals surface area contributed by atoms with E-state index in [0.29, 0.717) is 6.61 Å². The van der Waals surface area contributed by atoms with Crippen LogP contribution in [0.1, 0.15) is 6.92 Å². The number of hydrogen-bond donors (Lipinski definition) is 0. The van der Waals surface area contributed by atoms with Gasteiger partial charge in [0.1, 0.15) is 0 Å². The molecule has 0 saturated carbocycles. The molecule has 44 valence electrons. The number of nitrogens with zero attached hydrogens (tertiary/aromatic N) is 2. The third kappa shape index (κ3) is 0.959. The van der Waals surface area contributed by atoms with Crippen LogP contribution in [0.2, 0.25) is 0 Å². The molecule has 0 aromatic carbocycles. The summed E-state index contributed by atoms with van der Waals surface area (Å²) in [5.74, 6) is 0. The topological polar surface area (TPSA) is 48.2 Å². The van der Waals surface area contributed by atoms with Crippen molar-refractivity contribution in [3.8, 4) is 6.08 Å². The largest absolute Gasteiger partial charge is 0.449 e. The third-order valence-electron chi connectivity index (χ3n) is 0.609. The van der Waals surface area contributed by atoms with Gasteiger partial charge in [0.2, 0.25) is 0 Å². The van der Waals surface area contributed by atoms with Crippen LogP contribution in [0.3, 0.4) is 0 Å². The van der Waals surface area contributed by atoms with Gasteiger partial charge >= 0.3 is 6.08 Å². The standard InChI is InChI=1S/C4H6N2O2/c1-2-7-4-5-3-6-8-4/h3H,2H2,1H3. The highest BCUT2D eigenvalue weighted by Crippen LogP contribution is 1.99. The van der Waals surface area contributed by atoms with Gasteiger partial charge < -0.3 is 4.74 Å². The molecule has 0 amide bonds. The van der Waals surface area contributed by atoms with Crippen molar-refractivity contribution in [1.29, 1.82) is 0 Å². The van der Waals surface area contributed by atoms with E-state index in [1.165, 1.54) is 6.33 Å². The molecule has 1 rings (SSSR count). The van der Waals surface area contributed by atoms with Gasteiger partial charge in [-0.05, 0) is 6.92 Å². The maximum atomic E-state index is 4.81. The third-order valence-corrected chi connectivity index (χ3v) is 0.609. The highest BCUT2D eigenvalue weighted by atomic mass is 16.6. The predicted molar refractivity (Wildman–Crippen MR) is 25.5 cm³/mol. The summed E-state index contributed by atoms with van der Waals surface area (Å²) in [4.78, 5) is 3.61. The Labute approximate surface area is 46.5 Å². The van der Waals surface area contributed by atoms with Crippen molar-refractivity contribution in [2.45, 2.75) is 6.92 Å². The van der Waals surface area contributed by atoms with Crippen LogP contribution in [0.25, 0.3) is 0 Å². The number of ether oxygens (including phenoxy) is 1. The van der Waals surface area contributed by atoms with Crippen molar-refractivity contribution >= 4 is 0 Å². The van der Waals surface area contributed by atoms with Gasteiger partial charge in [0, 0.05) is 0 Å². The van der Waals surface area contributed by atoms with Crippen LogP contribution in [-0.2, 0) is 0 Å². The molecular formula is C4H6N2O2. The van der Waals surface area contributed by atoms with Crippen LogP contribution in [0.15, 0.2) is 10.9 Å². The molecule has 0 spiro atoms. The quantitative estimate of drug-likeness (QED) is 0.560. The Morgan fingerprint density at radius 1 is 1.88 bits per heavy atom. The molecule has 0 bridgehead atoms. The van der Waals surface area contributed by atoms with Crippen LogP contribution in [0.4, 0.5) is 0 Å². The maximum Gasteiger partial charge on any atom is 0.417 e. The van der Waals surface area contributed by atoms with Crippen molar-refractivity contribution < 1.29 is 9.26 Å². The fourth-order valence-corrected chi connectivity index (χ4v) is 0.350. The minimum Gasteiger partial charge on any atom is -0.449 e. The SMILES string of the molecule is CCOc1ncno1. The van der Waals surface area contributed by atoms with Gasteiger partial charge in [-0.3, -0.25) is 4.52 Å². The van der Waals surface area contributed by atoms with E-state index in [1.807, 2.05) is 6.92 Å². The first-order valence-electron chi connectivity index (χ1n) is 2.33. The molecule has 0 fully saturated rings. The molecular weight excluding hydrogens is 108 g/mol. The van der Waals surface area contributed by atoms with Crippen molar-refractivity contribution in [3.05, 3.63) is 6.33 Å². The van der Waals surface area contributed by atoms with Crippen molar-refractivity contribution in [2.24, 2.45) is 0 Å². The highest BCUT2D eigenvalue weighted by Gasteiger charge is 1.92. The van der Waals surface area contributed by atoms with Crippen molar-refractivity contribution in [1.82, 2.24) is 10.1 Å². The van der Waals surface area contributed by atoms with Crippen molar-refractivity contribution in [2.75, 3.05) is 6.61 Å². The molecule has 8 heavy (non-hydrogen) atoms. The Balaban J connectivity index is 2.50. The Kier molecular flexibility index (Phi) is 1.46. The normalized spacial score (nSPS) is 9.12. The van der Waals surface area contributed by atoms with Gasteiger partial charge in [0.05, 0.1) is 6.61 Å². The Hall–Kier alpha value is -1.06. The van der Waals surface area contributed by atoms with E-state index in [4.69, 9.17) is 4.74 Å². The first-order chi connectivity index (χ1) is 3.93. The Bertz CT molecular complexity index is 138. The zero-order valence-electron chi connectivity index (χ0n) is 4.50. The van der Waals surface area contributed by atoms with E-state index in [0.717, 1.165) is 0 Å². The van der Waals surface area contributed by atoms with Gasteiger partial charge in [0.15, 0.2) is 6.33 Å². The van der Waals surface area contributed by atoms with Gasteiger partial charge in [-0.15, -0.1) is 0 Å². The molecule has 0 atom stereocenters. The lowest BCUT2D eigenvalue weighted by Crippen LogP contribution is -1.89. The molecule has 0 radical (unpaired) electrons. The molecule has 1 aromatic rings. The smallest absolute Gasteiger partial charge is 0.417 e. The van der Waals surface area contributed by atoms with E-state index in [9.17, 15) is 0 Å². The molecule has 0 aliphatic carbocycles. The zero-order valence-corrected chi connectivity index (χ0v) is 4.50. The summed E-state index contributed by atoms with van der Waals surface area (Å²) in [7, 11) is 0. The fraction of sp³-hybridized carbons (Fsp3) is 0.500. The summed E-state index contributed by atoms with van der Waals surface area (Å²) >= 11 is 0. The zero-order chi connectivity index (χ0) is 5.82. The average molecular weight is 114 g/mol. The van der Waals surface area contributed by atoms with E-state index >= 15 is 0 Å². The lowest BCUT2D eigenvalue weighted by Gasteiger charge is -1.88. The van der Waals surface area contributed by atoms with E-state index in [2.05, 4.69) is 14.7 Å². The van der Waals surface area contributed by atoms with Crippen LogP contribution in [0.5, 0.6) is 6.08 Å². The van der Waals surface area contributed by atoms with E-state index in [1.54, 1.807) is 0 Å². The molecule has 1 heterocycles. The number of hydrogen-bond acceptors (Lipinski definition) is 4. The summed E-state index contributed by atoms with van der Waals surface area (Å²) in [6.07, 6.45) is 1.53. The first-order valence-corrected chi connectivity index (χ1v) is 2.33. The summed E-state index contributed by atoms with van der Waals surface area (Å²) in [6.45, 7) is 2.41. The van der Waals surface area contributed by atoms with Crippen LogP contribution < -0.4 is 4.74 Å². The van der Waals surface area contributed by atoms with Crippen LogP contribution in [0, 0.1) is 0 Å².